The Morgan fingerprint density at radius 1 is 0.526 bits per heavy atom. The van der Waals surface area contributed by atoms with Crippen LogP contribution >= 0.6 is 0 Å². The first-order chi connectivity index (χ1) is 8.81. The van der Waals surface area contributed by atoms with Gasteiger partial charge < -0.3 is 24.0 Å². The van der Waals surface area contributed by atoms with Crippen LogP contribution in [-0.2, 0) is 10.9 Å². The lowest BCUT2D eigenvalue weighted by Crippen LogP contribution is -3.00. The Labute approximate surface area is 143 Å². The maximum Gasteiger partial charge on any atom is 0.107 e. The lowest BCUT2D eigenvalue weighted by Gasteiger charge is -2.04. The summed E-state index contributed by atoms with van der Waals surface area (Å²) in [5, 5.41) is 0. The fourth-order valence-corrected chi connectivity index (χ4v) is 3.96. The highest BCUT2D eigenvalue weighted by atomic mass is 127. The molecular weight excluding hydrogens is 363 g/mol. The topological polar surface area (TPSA) is 0 Å². The van der Waals surface area contributed by atoms with Crippen molar-refractivity contribution in [1.82, 2.24) is 0 Å². The van der Waals surface area contributed by atoms with Crippen LogP contribution in [0.4, 0.5) is 0 Å². The summed E-state index contributed by atoms with van der Waals surface area (Å²) in [6.07, 6.45) is 19.9. The predicted octanol–water partition coefficient (Wildman–Crippen LogP) is 2.96. The van der Waals surface area contributed by atoms with Crippen LogP contribution in [0.1, 0.15) is 90.9 Å². The third-order valence-corrected chi connectivity index (χ3v) is 5.66. The molecule has 0 unspecified atom stereocenters. The average molecular weight is 400 g/mol. The van der Waals surface area contributed by atoms with Crippen molar-refractivity contribution in [3.8, 4) is 0 Å². The number of halogens is 1. The van der Waals surface area contributed by atoms with Gasteiger partial charge in [-0.25, -0.2) is 0 Å². The molecule has 0 bridgehead atoms. The van der Waals surface area contributed by atoms with Crippen LogP contribution in [0.3, 0.4) is 0 Å². The molecule has 0 aromatic rings. The second-order valence-electron chi connectivity index (χ2n) is 5.73. The fourth-order valence-electron chi connectivity index (χ4n) is 2.36. The van der Waals surface area contributed by atoms with Gasteiger partial charge in [-0.1, -0.05) is 65.2 Å². The molecule has 0 saturated heterocycles. The molecule has 0 nitrogen and oxygen atoms in total. The Hall–Kier alpha value is 1.08. The predicted molar refractivity (Wildman–Crippen MR) is 89.8 cm³/mol. The zero-order valence-corrected chi connectivity index (χ0v) is 16.7. The molecule has 0 fully saturated rings. The smallest absolute Gasteiger partial charge is 0.107 e. The zero-order chi connectivity index (χ0) is 13.5. The normalized spacial score (nSPS) is 10.7. The van der Waals surface area contributed by atoms with E-state index in [1.54, 1.807) is 0 Å². The maximum absolute atomic E-state index is 2.48. The minimum atomic E-state index is 0. The third-order valence-electron chi connectivity index (χ3n) is 3.69. The summed E-state index contributed by atoms with van der Waals surface area (Å²) >= 11 is 0. The summed E-state index contributed by atoms with van der Waals surface area (Å²) in [5.41, 5.74) is 0. The number of rotatable bonds is 14. The number of unbranched alkanes of at least 4 members (excludes halogenated alkanes) is 10. The van der Waals surface area contributed by atoms with E-state index in [4.69, 9.17) is 0 Å². The molecule has 19 heavy (non-hydrogen) atoms. The van der Waals surface area contributed by atoms with Crippen molar-refractivity contribution in [3.63, 3.8) is 0 Å². The van der Waals surface area contributed by atoms with E-state index in [1.165, 1.54) is 88.6 Å². The first-order valence-corrected chi connectivity index (χ1v) is 10.4. The summed E-state index contributed by atoms with van der Waals surface area (Å²) in [6, 6.07) is 0. The Balaban J connectivity index is 0. The molecule has 0 aliphatic carbocycles. The molecule has 0 radical (unpaired) electrons. The highest BCUT2D eigenvalue weighted by Gasteiger charge is 2.09. The summed E-state index contributed by atoms with van der Waals surface area (Å²) in [7, 11) is 0.716. The third kappa shape index (κ3) is 19.1. The van der Waals surface area contributed by atoms with Crippen molar-refractivity contribution in [3.05, 3.63) is 0 Å². The summed E-state index contributed by atoms with van der Waals surface area (Å²) in [4.78, 5) is 0. The van der Waals surface area contributed by atoms with Gasteiger partial charge in [0.1, 0.15) is 11.5 Å². The molecule has 0 aromatic carbocycles. The van der Waals surface area contributed by atoms with Gasteiger partial charge in [0.25, 0.3) is 0 Å². The van der Waals surface area contributed by atoms with E-state index in [1.807, 2.05) is 0 Å². The quantitative estimate of drug-likeness (QED) is 0.239. The Kier molecular flexibility index (Phi) is 22.5. The fraction of sp³-hybridized carbons (Fsp3) is 1.00. The lowest BCUT2D eigenvalue weighted by molar-refractivity contribution is -0.00000415. The lowest BCUT2D eigenvalue weighted by atomic mass is 10.1. The largest absolute Gasteiger partial charge is 1.00 e. The second kappa shape index (κ2) is 19.1. The molecule has 2 heteroatoms. The van der Waals surface area contributed by atoms with Crippen LogP contribution in [-0.4, -0.2) is 17.8 Å². The summed E-state index contributed by atoms with van der Waals surface area (Å²) in [6.45, 7) is 4.59. The molecule has 118 valence electrons. The van der Waals surface area contributed by atoms with Crippen molar-refractivity contribution in [1.29, 1.82) is 0 Å². The molecule has 0 saturated carbocycles. The van der Waals surface area contributed by atoms with Gasteiger partial charge in [0.15, 0.2) is 0 Å². The standard InChI is InChI=1S/C17H37S.HI/c1-4-6-8-10-12-14-16-18(3)17-15-13-11-9-7-5-2;/h4-17H2,1-3H3;1H/q+1;/p-1. The van der Waals surface area contributed by atoms with Gasteiger partial charge in [-0.15, -0.1) is 0 Å². The van der Waals surface area contributed by atoms with Crippen molar-refractivity contribution >= 4 is 10.9 Å². The molecule has 0 heterocycles. The molecular formula is C17H37IS. The van der Waals surface area contributed by atoms with Crippen molar-refractivity contribution in [2.75, 3.05) is 17.8 Å². The molecule has 0 aliphatic heterocycles. The van der Waals surface area contributed by atoms with E-state index >= 15 is 0 Å². The number of hydrogen-bond donors (Lipinski definition) is 0. The van der Waals surface area contributed by atoms with E-state index in [2.05, 4.69) is 20.1 Å². The molecule has 0 N–H and O–H groups in total. The van der Waals surface area contributed by atoms with Gasteiger partial charge in [0.05, 0.1) is 6.26 Å². The monoisotopic (exact) mass is 400 g/mol. The molecule has 0 aliphatic rings. The average Bonchev–Trinajstić information content (AvgIpc) is 2.38. The van der Waals surface area contributed by atoms with Gasteiger partial charge in [-0.2, -0.15) is 0 Å². The van der Waals surface area contributed by atoms with Crippen LogP contribution < -0.4 is 24.0 Å². The van der Waals surface area contributed by atoms with E-state index < -0.39 is 0 Å². The van der Waals surface area contributed by atoms with Crippen LogP contribution in [0.15, 0.2) is 0 Å². The van der Waals surface area contributed by atoms with Crippen molar-refractivity contribution in [2.24, 2.45) is 0 Å². The van der Waals surface area contributed by atoms with E-state index in [0.29, 0.717) is 10.9 Å². The summed E-state index contributed by atoms with van der Waals surface area (Å²) in [5.74, 6) is 3.00. The van der Waals surface area contributed by atoms with Crippen LogP contribution in [0, 0.1) is 0 Å². The second-order valence-corrected chi connectivity index (χ2v) is 8.10. The molecule has 0 rings (SSSR count). The SMILES string of the molecule is CCCCCCCC[S+](C)CCCCCCCC.[I-]. The van der Waals surface area contributed by atoms with E-state index in [0.717, 1.165) is 0 Å². The first kappa shape index (κ1) is 22.4. The summed E-state index contributed by atoms with van der Waals surface area (Å²) < 4.78 is 0. The minimum absolute atomic E-state index is 0. The Bertz CT molecular complexity index is 134. The maximum atomic E-state index is 2.48. The first-order valence-electron chi connectivity index (χ1n) is 8.40. The van der Waals surface area contributed by atoms with Crippen molar-refractivity contribution < 1.29 is 24.0 Å². The van der Waals surface area contributed by atoms with Gasteiger partial charge in [-0.3, -0.25) is 0 Å². The Morgan fingerprint density at radius 2 is 0.842 bits per heavy atom. The molecule has 0 atom stereocenters. The van der Waals surface area contributed by atoms with E-state index in [-0.39, 0.29) is 24.0 Å². The van der Waals surface area contributed by atoms with Gasteiger partial charge in [-0.05, 0) is 36.6 Å². The number of hydrogen-bond acceptors (Lipinski definition) is 0. The molecule has 0 amide bonds. The Morgan fingerprint density at radius 3 is 1.21 bits per heavy atom. The van der Waals surface area contributed by atoms with Crippen LogP contribution in [0.5, 0.6) is 0 Å². The van der Waals surface area contributed by atoms with Crippen molar-refractivity contribution in [2.45, 2.75) is 90.9 Å². The van der Waals surface area contributed by atoms with Gasteiger partial charge in [0, 0.05) is 0 Å². The van der Waals surface area contributed by atoms with E-state index in [9.17, 15) is 0 Å². The van der Waals surface area contributed by atoms with Crippen LogP contribution in [0.25, 0.3) is 0 Å². The van der Waals surface area contributed by atoms with Crippen LogP contribution in [0.2, 0.25) is 0 Å². The highest BCUT2D eigenvalue weighted by Crippen LogP contribution is 2.10. The van der Waals surface area contributed by atoms with Gasteiger partial charge >= 0.3 is 0 Å². The minimum Gasteiger partial charge on any atom is -1.00 e. The molecule has 0 spiro atoms. The highest BCUT2D eigenvalue weighted by molar-refractivity contribution is 7.96. The zero-order valence-electron chi connectivity index (χ0n) is 13.7. The molecule has 0 aromatic heterocycles. The van der Waals surface area contributed by atoms with Gasteiger partial charge in [0.2, 0.25) is 0 Å².